The standard InChI is InChI=1S/C10H15N3O5.C10H14N2O4/c11-6(4-14)10(18)13-12-3-5-1-2-7(15)9(17)8(5)16;1-10(12-11,9(15)16)5-6-2-3-7(13)8(14)4-6/h1-2,6,12,14-17H,3-4,11H2,(H,13,18);2-4,12-14H,5,11H2,1H3,(H,15,16)/t;10-/m.0/s1. The van der Waals surface area contributed by atoms with Crippen LogP contribution < -0.4 is 27.9 Å². The quantitative estimate of drug-likeness (QED) is 0.107. The average Bonchev–Trinajstić information content (AvgIpc) is 2.81. The minimum atomic E-state index is -1.32. The molecule has 0 saturated heterocycles. The van der Waals surface area contributed by atoms with E-state index < -0.39 is 47.3 Å². The molecule has 2 aromatic rings. The lowest BCUT2D eigenvalue weighted by atomic mass is 9.93. The Morgan fingerprint density at radius 1 is 1.00 bits per heavy atom. The van der Waals surface area contributed by atoms with Crippen LogP contribution >= 0.6 is 0 Å². The SMILES string of the molecule is C[C@@](Cc1ccc(O)c(O)c1)(NN)C(=O)O.NC(CO)C(=O)NNCc1ccc(O)c(O)c1O. The molecule has 0 heterocycles. The van der Waals surface area contributed by atoms with Gasteiger partial charge in [-0.05, 0) is 30.7 Å². The molecule has 14 N–H and O–H groups in total. The summed E-state index contributed by atoms with van der Waals surface area (Å²) in [6.07, 6.45) is 0.0900. The maximum atomic E-state index is 11.2. The number of hydrazine groups is 2. The monoisotopic (exact) mass is 483 g/mol. The number of carboxylic acids is 1. The van der Waals surface area contributed by atoms with E-state index in [1.165, 1.54) is 37.3 Å². The zero-order valence-corrected chi connectivity index (χ0v) is 18.2. The van der Waals surface area contributed by atoms with Crippen LogP contribution in [0.3, 0.4) is 0 Å². The Bertz CT molecular complexity index is 1000. The van der Waals surface area contributed by atoms with Gasteiger partial charge in [-0.3, -0.25) is 20.9 Å². The number of carbonyl (C=O) groups excluding carboxylic acids is 1. The first-order valence-corrected chi connectivity index (χ1v) is 9.70. The minimum absolute atomic E-state index is 0.00353. The predicted octanol–water partition coefficient (Wildman–Crippen LogP) is -1.81. The number of carboxylic acid groups (broad SMARTS) is 1. The highest BCUT2D eigenvalue weighted by molar-refractivity contribution is 5.81. The summed E-state index contributed by atoms with van der Waals surface area (Å²) in [5.74, 6) is 1.38. The Labute approximate surface area is 194 Å². The Morgan fingerprint density at radius 3 is 2.15 bits per heavy atom. The molecule has 0 fully saturated rings. The van der Waals surface area contributed by atoms with Crippen molar-refractivity contribution in [1.29, 1.82) is 0 Å². The number of hydrogen-bond donors (Lipinski definition) is 12. The molecule has 0 saturated carbocycles. The van der Waals surface area contributed by atoms with Gasteiger partial charge in [0.2, 0.25) is 5.75 Å². The lowest BCUT2D eigenvalue weighted by Gasteiger charge is -2.23. The fourth-order valence-corrected chi connectivity index (χ4v) is 2.43. The summed E-state index contributed by atoms with van der Waals surface area (Å²) < 4.78 is 0. The molecular weight excluding hydrogens is 454 g/mol. The van der Waals surface area contributed by atoms with E-state index in [0.717, 1.165) is 0 Å². The number of benzene rings is 2. The van der Waals surface area contributed by atoms with Crippen molar-refractivity contribution in [1.82, 2.24) is 16.3 Å². The van der Waals surface area contributed by atoms with Gasteiger partial charge in [0.25, 0.3) is 5.91 Å². The molecule has 14 nitrogen and oxygen atoms in total. The van der Waals surface area contributed by atoms with Crippen molar-refractivity contribution in [3.63, 3.8) is 0 Å². The Morgan fingerprint density at radius 2 is 1.62 bits per heavy atom. The fraction of sp³-hybridized carbons (Fsp3) is 0.300. The summed E-state index contributed by atoms with van der Waals surface area (Å²) in [4.78, 5) is 22.1. The number of aromatic hydroxyl groups is 5. The number of aliphatic hydroxyl groups is 1. The number of aliphatic hydroxyl groups excluding tert-OH is 1. The molecule has 2 rings (SSSR count). The van der Waals surface area contributed by atoms with Crippen LogP contribution in [0.1, 0.15) is 18.1 Å². The molecule has 0 radical (unpaired) electrons. The van der Waals surface area contributed by atoms with Crippen LogP contribution in [0.4, 0.5) is 0 Å². The Balaban J connectivity index is 0.000000342. The van der Waals surface area contributed by atoms with Gasteiger partial charge in [-0.15, -0.1) is 0 Å². The van der Waals surface area contributed by atoms with Gasteiger partial charge in [-0.1, -0.05) is 12.1 Å². The maximum absolute atomic E-state index is 11.2. The zero-order chi connectivity index (χ0) is 26.1. The van der Waals surface area contributed by atoms with E-state index in [-0.39, 0.29) is 30.0 Å². The number of aliphatic carboxylic acids is 1. The van der Waals surface area contributed by atoms with Crippen molar-refractivity contribution in [2.75, 3.05) is 6.61 Å². The molecule has 0 aliphatic heterocycles. The van der Waals surface area contributed by atoms with E-state index in [1.54, 1.807) is 0 Å². The van der Waals surface area contributed by atoms with Gasteiger partial charge in [-0.25, -0.2) is 10.9 Å². The average molecular weight is 483 g/mol. The van der Waals surface area contributed by atoms with Crippen LogP contribution in [0, 0.1) is 0 Å². The second-order valence-corrected chi connectivity index (χ2v) is 7.35. The third-order valence-electron chi connectivity index (χ3n) is 4.63. The first-order chi connectivity index (χ1) is 15.9. The third kappa shape index (κ3) is 7.65. The van der Waals surface area contributed by atoms with E-state index in [9.17, 15) is 24.9 Å². The van der Waals surface area contributed by atoms with Crippen LogP contribution in [-0.2, 0) is 22.6 Å². The van der Waals surface area contributed by atoms with Crippen molar-refractivity contribution in [3.8, 4) is 28.7 Å². The number of nitrogens with one attached hydrogen (secondary N) is 3. The minimum Gasteiger partial charge on any atom is -0.504 e. The maximum Gasteiger partial charge on any atom is 0.325 e. The van der Waals surface area contributed by atoms with E-state index in [2.05, 4.69) is 16.3 Å². The van der Waals surface area contributed by atoms with Crippen LogP contribution in [-0.4, -0.2) is 65.8 Å². The lowest BCUT2D eigenvalue weighted by molar-refractivity contribution is -0.144. The highest BCUT2D eigenvalue weighted by Gasteiger charge is 2.32. The summed E-state index contributed by atoms with van der Waals surface area (Å²) in [7, 11) is 0. The molecule has 1 unspecified atom stereocenters. The van der Waals surface area contributed by atoms with Gasteiger partial charge in [0.05, 0.1) is 6.61 Å². The molecule has 2 aromatic carbocycles. The zero-order valence-electron chi connectivity index (χ0n) is 18.2. The van der Waals surface area contributed by atoms with Crippen molar-refractivity contribution >= 4 is 11.9 Å². The van der Waals surface area contributed by atoms with Crippen LogP contribution in [0.25, 0.3) is 0 Å². The number of amides is 1. The molecule has 188 valence electrons. The second-order valence-electron chi connectivity index (χ2n) is 7.35. The number of hydrogen-bond acceptors (Lipinski definition) is 12. The van der Waals surface area contributed by atoms with Crippen LogP contribution in [0.15, 0.2) is 30.3 Å². The van der Waals surface area contributed by atoms with Gasteiger partial charge < -0.3 is 41.5 Å². The van der Waals surface area contributed by atoms with Crippen molar-refractivity contribution in [3.05, 3.63) is 41.5 Å². The molecule has 0 spiro atoms. The number of rotatable bonds is 9. The van der Waals surface area contributed by atoms with Gasteiger partial charge in [0.15, 0.2) is 23.0 Å². The summed E-state index contributed by atoms with van der Waals surface area (Å²) in [6, 6.07) is 5.65. The topological polar surface area (TPSA) is 264 Å². The molecule has 0 bridgehead atoms. The number of phenols is 5. The van der Waals surface area contributed by atoms with E-state index >= 15 is 0 Å². The highest BCUT2D eigenvalue weighted by atomic mass is 16.4. The van der Waals surface area contributed by atoms with Crippen LogP contribution in [0.2, 0.25) is 0 Å². The van der Waals surface area contributed by atoms with Gasteiger partial charge >= 0.3 is 5.97 Å². The lowest BCUT2D eigenvalue weighted by Crippen LogP contribution is -2.54. The molecule has 0 aliphatic carbocycles. The Kier molecular flexibility index (Phi) is 10.3. The smallest absolute Gasteiger partial charge is 0.325 e. The van der Waals surface area contributed by atoms with Crippen molar-refractivity contribution in [2.24, 2.45) is 11.6 Å². The largest absolute Gasteiger partial charge is 0.504 e. The molecule has 1 amide bonds. The molecule has 0 aromatic heterocycles. The highest BCUT2D eigenvalue weighted by Crippen LogP contribution is 2.36. The van der Waals surface area contributed by atoms with E-state index in [0.29, 0.717) is 5.56 Å². The number of phenolic OH excluding ortho intramolecular Hbond substituents is 5. The first-order valence-electron chi connectivity index (χ1n) is 9.70. The molecular formula is C20H29N5O9. The normalized spacial score (nSPS) is 13.2. The molecule has 0 aliphatic rings. The first kappa shape index (κ1) is 28.2. The number of nitrogens with two attached hydrogens (primary N) is 2. The van der Waals surface area contributed by atoms with E-state index in [1.807, 2.05) is 0 Å². The predicted molar refractivity (Wildman–Crippen MR) is 118 cm³/mol. The molecule has 2 atom stereocenters. The summed E-state index contributed by atoms with van der Waals surface area (Å²) >= 11 is 0. The van der Waals surface area contributed by atoms with Crippen molar-refractivity contribution < 1.29 is 45.3 Å². The molecule has 14 heteroatoms. The summed E-state index contributed by atoms with van der Waals surface area (Å²) in [5.41, 5.74) is 11.6. The number of carbonyl (C=O) groups is 2. The third-order valence-corrected chi connectivity index (χ3v) is 4.63. The van der Waals surface area contributed by atoms with Crippen LogP contribution in [0.5, 0.6) is 28.7 Å². The van der Waals surface area contributed by atoms with E-state index in [4.69, 9.17) is 32.0 Å². The molecule has 34 heavy (non-hydrogen) atoms. The Hall–Kier alpha value is -3.82. The summed E-state index contributed by atoms with van der Waals surface area (Å²) in [5, 5.41) is 63.8. The second kappa shape index (κ2) is 12.4. The van der Waals surface area contributed by atoms with Gasteiger partial charge in [-0.2, -0.15) is 0 Å². The van der Waals surface area contributed by atoms with Crippen molar-refractivity contribution in [2.45, 2.75) is 31.5 Å². The van der Waals surface area contributed by atoms with Gasteiger partial charge in [0.1, 0.15) is 11.6 Å². The summed E-state index contributed by atoms with van der Waals surface area (Å²) in [6.45, 7) is 0.946. The van der Waals surface area contributed by atoms with Gasteiger partial charge in [0, 0.05) is 18.5 Å². The fourth-order valence-electron chi connectivity index (χ4n) is 2.43.